The van der Waals surface area contributed by atoms with Crippen molar-refractivity contribution >= 4 is 17.7 Å². The summed E-state index contributed by atoms with van der Waals surface area (Å²) in [5.41, 5.74) is 1.21. The summed E-state index contributed by atoms with van der Waals surface area (Å²) >= 11 is 0. The fraction of sp³-hybridized carbons (Fsp3) is 0.158. The zero-order valence-electron chi connectivity index (χ0n) is 14.3. The summed E-state index contributed by atoms with van der Waals surface area (Å²) in [6.07, 6.45) is 1.39. The molecule has 0 unspecified atom stereocenters. The molecular weight excluding hydrogens is 334 g/mol. The molecule has 0 aliphatic rings. The van der Waals surface area contributed by atoms with Gasteiger partial charge in [0.05, 0.1) is 18.1 Å². The third-order valence-electron chi connectivity index (χ3n) is 3.72. The van der Waals surface area contributed by atoms with Crippen molar-refractivity contribution in [2.45, 2.75) is 13.0 Å². The van der Waals surface area contributed by atoms with E-state index in [9.17, 15) is 20.2 Å². The molecule has 0 saturated carbocycles. The Hall–Kier alpha value is -3.66. The fourth-order valence-electron chi connectivity index (χ4n) is 2.28. The molecule has 0 saturated heterocycles. The van der Waals surface area contributed by atoms with Crippen molar-refractivity contribution in [2.75, 3.05) is 7.11 Å². The van der Waals surface area contributed by atoms with Crippen molar-refractivity contribution in [3.8, 4) is 11.8 Å². The maximum Gasteiger partial charge on any atom is 0.269 e. The van der Waals surface area contributed by atoms with Crippen LogP contribution < -0.4 is 10.1 Å². The van der Waals surface area contributed by atoms with Gasteiger partial charge in [-0.2, -0.15) is 5.26 Å². The van der Waals surface area contributed by atoms with Gasteiger partial charge < -0.3 is 10.1 Å². The zero-order valence-corrected chi connectivity index (χ0v) is 14.3. The first-order chi connectivity index (χ1) is 12.4. The predicted molar refractivity (Wildman–Crippen MR) is 96.2 cm³/mol. The van der Waals surface area contributed by atoms with Crippen LogP contribution in [0.4, 0.5) is 5.69 Å². The van der Waals surface area contributed by atoms with E-state index in [1.807, 2.05) is 18.2 Å². The normalized spacial score (nSPS) is 12.0. The number of nitrogens with zero attached hydrogens (tertiary/aromatic N) is 2. The number of methoxy groups -OCH3 is 1. The topological polar surface area (TPSA) is 105 Å². The van der Waals surface area contributed by atoms with E-state index in [1.54, 1.807) is 26.2 Å². The second-order valence-corrected chi connectivity index (χ2v) is 5.49. The monoisotopic (exact) mass is 351 g/mol. The lowest BCUT2D eigenvalue weighted by Crippen LogP contribution is -2.27. The molecule has 1 N–H and O–H groups in total. The molecule has 7 nitrogen and oxygen atoms in total. The van der Waals surface area contributed by atoms with Crippen molar-refractivity contribution in [1.29, 1.82) is 5.26 Å². The van der Waals surface area contributed by atoms with Crippen molar-refractivity contribution in [3.05, 3.63) is 75.3 Å². The number of carbonyl (C=O) groups is 1. The second-order valence-electron chi connectivity index (χ2n) is 5.49. The average Bonchev–Trinajstić information content (AvgIpc) is 2.66. The van der Waals surface area contributed by atoms with Gasteiger partial charge in [0.1, 0.15) is 17.4 Å². The second kappa shape index (κ2) is 8.44. The maximum absolute atomic E-state index is 12.4. The quantitative estimate of drug-likeness (QED) is 0.372. The Balaban J connectivity index is 2.14. The van der Waals surface area contributed by atoms with E-state index in [4.69, 9.17) is 4.74 Å². The third kappa shape index (κ3) is 4.68. The molecule has 26 heavy (non-hydrogen) atoms. The SMILES string of the molecule is COc1cccc([C@H](C)NC(=O)/C(C#N)=C/c2ccc([N+](=O)[O-])cc2)c1. The lowest BCUT2D eigenvalue weighted by Gasteiger charge is -2.14. The summed E-state index contributed by atoms with van der Waals surface area (Å²) in [7, 11) is 1.56. The smallest absolute Gasteiger partial charge is 0.269 e. The van der Waals surface area contributed by atoms with Gasteiger partial charge in [-0.05, 0) is 48.4 Å². The van der Waals surface area contributed by atoms with E-state index in [1.165, 1.54) is 30.3 Å². The number of ether oxygens (including phenoxy) is 1. The fourth-order valence-corrected chi connectivity index (χ4v) is 2.28. The Morgan fingerprint density at radius 2 is 2.00 bits per heavy atom. The minimum absolute atomic E-state index is 0.0586. The molecule has 0 aromatic heterocycles. The summed E-state index contributed by atoms with van der Waals surface area (Å²) in [4.78, 5) is 22.5. The first kappa shape index (κ1) is 18.7. The Labute approximate surface area is 150 Å². The number of hydrogen-bond acceptors (Lipinski definition) is 5. The Bertz CT molecular complexity index is 882. The van der Waals surface area contributed by atoms with Gasteiger partial charge in [-0.15, -0.1) is 0 Å². The minimum atomic E-state index is -0.527. The summed E-state index contributed by atoms with van der Waals surface area (Å²) in [5.74, 6) is 0.145. The molecule has 0 spiro atoms. The van der Waals surface area contributed by atoms with Gasteiger partial charge in [0.15, 0.2) is 0 Å². The molecule has 0 heterocycles. The summed E-state index contributed by atoms with van der Waals surface area (Å²) in [6.45, 7) is 1.80. The van der Waals surface area contributed by atoms with Gasteiger partial charge in [0, 0.05) is 12.1 Å². The molecule has 2 aromatic rings. The lowest BCUT2D eigenvalue weighted by atomic mass is 10.1. The van der Waals surface area contributed by atoms with Crippen LogP contribution in [0.1, 0.15) is 24.1 Å². The molecule has 0 aliphatic heterocycles. The number of nitro benzene ring substituents is 1. The van der Waals surface area contributed by atoms with Crippen LogP contribution in [0.25, 0.3) is 6.08 Å². The van der Waals surface area contributed by atoms with Gasteiger partial charge >= 0.3 is 0 Å². The molecular formula is C19H17N3O4. The average molecular weight is 351 g/mol. The van der Waals surface area contributed by atoms with Crippen LogP contribution in [0, 0.1) is 21.4 Å². The standard InChI is InChI=1S/C19H17N3O4/c1-13(15-4-3-5-18(11-15)26-2)21-19(23)16(12-20)10-14-6-8-17(9-7-14)22(24)25/h3-11,13H,1-2H3,(H,21,23)/b16-10+/t13-/m0/s1. The van der Waals surface area contributed by atoms with E-state index < -0.39 is 10.8 Å². The number of amides is 1. The lowest BCUT2D eigenvalue weighted by molar-refractivity contribution is -0.384. The summed E-state index contributed by atoms with van der Waals surface area (Å²) in [5, 5.41) is 22.7. The number of nitro groups is 1. The predicted octanol–water partition coefficient (Wildman–Crippen LogP) is 3.39. The van der Waals surface area contributed by atoms with Crippen LogP contribution in [0.15, 0.2) is 54.1 Å². The number of benzene rings is 2. The van der Waals surface area contributed by atoms with Crippen LogP contribution in [0.5, 0.6) is 5.75 Å². The maximum atomic E-state index is 12.4. The van der Waals surface area contributed by atoms with Gasteiger partial charge in [-0.25, -0.2) is 0 Å². The Morgan fingerprint density at radius 3 is 2.58 bits per heavy atom. The number of hydrogen-bond donors (Lipinski definition) is 1. The molecule has 0 bridgehead atoms. The number of rotatable bonds is 6. The van der Waals surface area contributed by atoms with Crippen molar-refractivity contribution in [2.24, 2.45) is 0 Å². The molecule has 0 radical (unpaired) electrons. The molecule has 7 heteroatoms. The highest BCUT2D eigenvalue weighted by atomic mass is 16.6. The highest BCUT2D eigenvalue weighted by Crippen LogP contribution is 2.19. The number of non-ortho nitro benzene ring substituents is 1. The molecule has 2 rings (SSSR count). The van der Waals surface area contributed by atoms with E-state index in [0.717, 1.165) is 5.56 Å². The third-order valence-corrected chi connectivity index (χ3v) is 3.72. The Morgan fingerprint density at radius 1 is 1.31 bits per heavy atom. The van der Waals surface area contributed by atoms with Crippen LogP contribution >= 0.6 is 0 Å². The minimum Gasteiger partial charge on any atom is -0.497 e. The number of nitrogens with one attached hydrogen (secondary N) is 1. The summed E-state index contributed by atoms with van der Waals surface area (Å²) in [6, 6.07) is 14.4. The van der Waals surface area contributed by atoms with E-state index in [-0.39, 0.29) is 17.3 Å². The Kier molecular flexibility index (Phi) is 6.06. The number of nitriles is 1. The van der Waals surface area contributed by atoms with Gasteiger partial charge in [0.25, 0.3) is 11.6 Å². The number of carbonyl (C=O) groups excluding carboxylic acids is 1. The highest BCUT2D eigenvalue weighted by molar-refractivity contribution is 6.01. The van der Waals surface area contributed by atoms with Crippen LogP contribution in [0.3, 0.4) is 0 Å². The molecule has 132 valence electrons. The highest BCUT2D eigenvalue weighted by Gasteiger charge is 2.14. The molecule has 0 aliphatic carbocycles. The first-order valence-electron chi connectivity index (χ1n) is 7.75. The van der Waals surface area contributed by atoms with Crippen molar-refractivity contribution < 1.29 is 14.5 Å². The van der Waals surface area contributed by atoms with Crippen LogP contribution in [-0.4, -0.2) is 17.9 Å². The van der Waals surface area contributed by atoms with Crippen LogP contribution in [0.2, 0.25) is 0 Å². The van der Waals surface area contributed by atoms with E-state index >= 15 is 0 Å². The molecule has 1 atom stereocenters. The van der Waals surface area contributed by atoms with E-state index in [2.05, 4.69) is 5.32 Å². The van der Waals surface area contributed by atoms with Crippen molar-refractivity contribution in [1.82, 2.24) is 5.32 Å². The van der Waals surface area contributed by atoms with Gasteiger partial charge in [-0.1, -0.05) is 12.1 Å². The van der Waals surface area contributed by atoms with Gasteiger partial charge in [0.2, 0.25) is 0 Å². The molecule has 0 fully saturated rings. The summed E-state index contributed by atoms with van der Waals surface area (Å²) < 4.78 is 5.16. The molecule has 2 aromatic carbocycles. The van der Waals surface area contributed by atoms with Gasteiger partial charge in [-0.3, -0.25) is 14.9 Å². The van der Waals surface area contributed by atoms with Crippen LogP contribution in [-0.2, 0) is 4.79 Å². The largest absolute Gasteiger partial charge is 0.497 e. The van der Waals surface area contributed by atoms with Crippen molar-refractivity contribution in [3.63, 3.8) is 0 Å². The van der Waals surface area contributed by atoms with E-state index in [0.29, 0.717) is 11.3 Å². The first-order valence-corrected chi connectivity index (χ1v) is 7.75. The zero-order chi connectivity index (χ0) is 19.1. The molecule has 1 amide bonds.